The molecule has 0 aliphatic rings. The Labute approximate surface area is 154 Å². The highest BCUT2D eigenvalue weighted by molar-refractivity contribution is 6.02. The van der Waals surface area contributed by atoms with Gasteiger partial charge in [-0.1, -0.05) is 35.9 Å². The molecule has 0 bridgehead atoms. The molecule has 0 radical (unpaired) electrons. The summed E-state index contributed by atoms with van der Waals surface area (Å²) in [6.07, 6.45) is 0. The monoisotopic (exact) mass is 364 g/mol. The van der Waals surface area contributed by atoms with E-state index in [1.807, 2.05) is 31.2 Å². The van der Waals surface area contributed by atoms with Gasteiger partial charge in [-0.15, -0.1) is 0 Å². The van der Waals surface area contributed by atoms with Crippen molar-refractivity contribution in [2.75, 3.05) is 5.32 Å². The van der Waals surface area contributed by atoms with Gasteiger partial charge in [0.1, 0.15) is 5.69 Å². The standard InChI is InChI=1S/C19H16N4O4/c1-13-5-7-14(8-6-13)12-22-18(24)10-9-17(21-22)19(25)20-15-3-2-4-16(11-15)23(26)27/h2-11H,12H2,1H3,(H,20,25). The summed E-state index contributed by atoms with van der Waals surface area (Å²) in [6.45, 7) is 2.20. The van der Waals surface area contributed by atoms with E-state index in [0.717, 1.165) is 11.1 Å². The highest BCUT2D eigenvalue weighted by Crippen LogP contribution is 2.17. The van der Waals surface area contributed by atoms with E-state index in [0.29, 0.717) is 0 Å². The SMILES string of the molecule is Cc1ccc(Cn2nc(C(=O)Nc3cccc([N+](=O)[O-])c3)ccc2=O)cc1. The fourth-order valence-corrected chi connectivity index (χ4v) is 2.44. The number of nitro benzene ring substituents is 1. The Morgan fingerprint density at radius 2 is 1.89 bits per heavy atom. The van der Waals surface area contributed by atoms with E-state index in [4.69, 9.17) is 0 Å². The molecule has 136 valence electrons. The molecular weight excluding hydrogens is 348 g/mol. The molecule has 1 aromatic heterocycles. The number of aromatic nitrogens is 2. The lowest BCUT2D eigenvalue weighted by Gasteiger charge is -2.08. The Kier molecular flexibility index (Phi) is 5.07. The smallest absolute Gasteiger partial charge is 0.276 e. The number of hydrogen-bond donors (Lipinski definition) is 1. The molecule has 0 unspecified atom stereocenters. The van der Waals surface area contributed by atoms with E-state index in [1.165, 1.54) is 41.1 Å². The van der Waals surface area contributed by atoms with Gasteiger partial charge in [-0.25, -0.2) is 4.68 Å². The van der Waals surface area contributed by atoms with Crippen molar-refractivity contribution in [2.45, 2.75) is 13.5 Å². The summed E-state index contributed by atoms with van der Waals surface area (Å²) in [6, 6.07) is 15.8. The van der Waals surface area contributed by atoms with Crippen LogP contribution in [0.1, 0.15) is 21.6 Å². The second kappa shape index (κ2) is 7.61. The quantitative estimate of drug-likeness (QED) is 0.553. The minimum absolute atomic E-state index is 0.0354. The van der Waals surface area contributed by atoms with Gasteiger partial charge in [-0.3, -0.25) is 19.7 Å². The van der Waals surface area contributed by atoms with Gasteiger partial charge in [0.2, 0.25) is 0 Å². The molecule has 0 atom stereocenters. The molecule has 27 heavy (non-hydrogen) atoms. The van der Waals surface area contributed by atoms with E-state index >= 15 is 0 Å². The first-order valence-electron chi connectivity index (χ1n) is 8.12. The molecule has 0 saturated heterocycles. The largest absolute Gasteiger partial charge is 0.320 e. The predicted octanol–water partition coefficient (Wildman–Crippen LogP) is 2.76. The Morgan fingerprint density at radius 3 is 2.59 bits per heavy atom. The highest BCUT2D eigenvalue weighted by Gasteiger charge is 2.12. The van der Waals surface area contributed by atoms with E-state index in [9.17, 15) is 19.7 Å². The molecule has 0 aliphatic heterocycles. The van der Waals surface area contributed by atoms with Gasteiger partial charge in [0.15, 0.2) is 0 Å². The van der Waals surface area contributed by atoms with Gasteiger partial charge in [0, 0.05) is 23.9 Å². The molecule has 8 nitrogen and oxygen atoms in total. The van der Waals surface area contributed by atoms with Crippen LogP contribution in [0.25, 0.3) is 0 Å². The van der Waals surface area contributed by atoms with Gasteiger partial charge in [0.25, 0.3) is 17.2 Å². The summed E-state index contributed by atoms with van der Waals surface area (Å²) < 4.78 is 1.20. The Balaban J connectivity index is 1.81. The summed E-state index contributed by atoms with van der Waals surface area (Å²) in [7, 11) is 0. The molecular formula is C19H16N4O4. The Hall–Kier alpha value is -3.81. The van der Waals surface area contributed by atoms with Crippen LogP contribution in [0.2, 0.25) is 0 Å². The third-order valence-electron chi connectivity index (χ3n) is 3.87. The summed E-state index contributed by atoms with van der Waals surface area (Å²) in [5.41, 5.74) is 1.82. The zero-order valence-corrected chi connectivity index (χ0v) is 14.5. The second-order valence-electron chi connectivity index (χ2n) is 5.96. The lowest BCUT2D eigenvalue weighted by atomic mass is 10.1. The number of nitrogens with one attached hydrogen (secondary N) is 1. The van der Waals surface area contributed by atoms with E-state index in [-0.39, 0.29) is 29.2 Å². The molecule has 0 fully saturated rings. The third kappa shape index (κ3) is 4.43. The lowest BCUT2D eigenvalue weighted by molar-refractivity contribution is -0.384. The number of aryl methyl sites for hydroxylation is 1. The van der Waals surface area contributed by atoms with Crippen LogP contribution < -0.4 is 10.9 Å². The maximum atomic E-state index is 12.4. The number of nitro groups is 1. The zero-order valence-electron chi connectivity index (χ0n) is 14.5. The summed E-state index contributed by atoms with van der Waals surface area (Å²) in [5, 5.41) is 17.5. The average molecular weight is 364 g/mol. The van der Waals surface area contributed by atoms with Gasteiger partial charge in [-0.2, -0.15) is 5.10 Å². The topological polar surface area (TPSA) is 107 Å². The van der Waals surface area contributed by atoms with Gasteiger partial charge in [0.05, 0.1) is 11.5 Å². The number of benzene rings is 2. The predicted molar refractivity (Wildman–Crippen MR) is 99.8 cm³/mol. The van der Waals surface area contributed by atoms with Crippen molar-refractivity contribution < 1.29 is 9.72 Å². The van der Waals surface area contributed by atoms with Gasteiger partial charge >= 0.3 is 0 Å². The number of hydrogen-bond acceptors (Lipinski definition) is 5. The maximum absolute atomic E-state index is 12.4. The van der Waals surface area contributed by atoms with E-state index in [2.05, 4.69) is 10.4 Å². The molecule has 1 N–H and O–H groups in total. The van der Waals surface area contributed by atoms with Crippen LogP contribution in [-0.2, 0) is 6.54 Å². The molecule has 0 spiro atoms. The molecule has 3 aromatic rings. The number of carbonyl (C=O) groups is 1. The number of rotatable bonds is 5. The van der Waals surface area contributed by atoms with Crippen molar-refractivity contribution >= 4 is 17.3 Å². The van der Waals surface area contributed by atoms with Crippen molar-refractivity contribution in [1.29, 1.82) is 0 Å². The summed E-state index contributed by atoms with van der Waals surface area (Å²) in [5.74, 6) is -0.562. The number of carbonyl (C=O) groups excluding carboxylic acids is 1. The molecule has 1 heterocycles. The Morgan fingerprint density at radius 1 is 1.15 bits per heavy atom. The zero-order chi connectivity index (χ0) is 19.4. The molecule has 3 rings (SSSR count). The van der Waals surface area contributed by atoms with Crippen molar-refractivity contribution in [2.24, 2.45) is 0 Å². The van der Waals surface area contributed by atoms with Crippen LogP contribution in [-0.4, -0.2) is 20.6 Å². The minimum Gasteiger partial charge on any atom is -0.320 e. The van der Waals surface area contributed by atoms with Crippen LogP contribution in [0.5, 0.6) is 0 Å². The lowest BCUT2D eigenvalue weighted by Crippen LogP contribution is -2.26. The number of anilines is 1. The van der Waals surface area contributed by atoms with Gasteiger partial charge in [-0.05, 0) is 24.6 Å². The molecule has 0 aliphatic carbocycles. The summed E-state index contributed by atoms with van der Waals surface area (Å²) >= 11 is 0. The van der Waals surface area contributed by atoms with Crippen molar-refractivity contribution in [3.8, 4) is 0 Å². The highest BCUT2D eigenvalue weighted by atomic mass is 16.6. The third-order valence-corrected chi connectivity index (χ3v) is 3.87. The molecule has 8 heteroatoms. The molecule has 1 amide bonds. The van der Waals surface area contributed by atoms with Gasteiger partial charge < -0.3 is 5.32 Å². The summed E-state index contributed by atoms with van der Waals surface area (Å²) in [4.78, 5) is 34.7. The fourth-order valence-electron chi connectivity index (χ4n) is 2.44. The van der Waals surface area contributed by atoms with Crippen molar-refractivity contribution in [1.82, 2.24) is 9.78 Å². The van der Waals surface area contributed by atoms with E-state index in [1.54, 1.807) is 0 Å². The minimum atomic E-state index is -0.562. The molecule has 0 saturated carbocycles. The van der Waals surface area contributed by atoms with Crippen molar-refractivity contribution in [3.05, 3.63) is 98.0 Å². The first-order chi connectivity index (χ1) is 12.9. The Bertz CT molecular complexity index is 1060. The van der Waals surface area contributed by atoms with Crippen LogP contribution >= 0.6 is 0 Å². The fraction of sp³-hybridized carbons (Fsp3) is 0.105. The average Bonchev–Trinajstić information content (AvgIpc) is 2.65. The first kappa shape index (κ1) is 18.0. The van der Waals surface area contributed by atoms with Crippen molar-refractivity contribution in [3.63, 3.8) is 0 Å². The van der Waals surface area contributed by atoms with Crippen LogP contribution in [0.15, 0.2) is 65.5 Å². The molecule has 2 aromatic carbocycles. The number of non-ortho nitro benzene ring substituents is 1. The maximum Gasteiger partial charge on any atom is 0.276 e. The van der Waals surface area contributed by atoms with Crippen LogP contribution in [0, 0.1) is 17.0 Å². The van der Waals surface area contributed by atoms with E-state index < -0.39 is 10.8 Å². The second-order valence-corrected chi connectivity index (χ2v) is 5.96. The number of nitrogens with zero attached hydrogens (tertiary/aromatic N) is 3. The van der Waals surface area contributed by atoms with Crippen LogP contribution in [0.3, 0.4) is 0 Å². The normalized spacial score (nSPS) is 10.4. The first-order valence-corrected chi connectivity index (χ1v) is 8.12. The number of amides is 1. The van der Waals surface area contributed by atoms with Crippen LogP contribution in [0.4, 0.5) is 11.4 Å².